The van der Waals surface area contributed by atoms with Crippen LogP contribution in [0.25, 0.3) is 0 Å². The van der Waals surface area contributed by atoms with Crippen LogP contribution in [0.2, 0.25) is 0 Å². The molecule has 1 saturated heterocycles. The summed E-state index contributed by atoms with van der Waals surface area (Å²) >= 11 is 0. The average Bonchev–Trinajstić information content (AvgIpc) is 2.78. The molecule has 0 unspecified atom stereocenters. The lowest BCUT2D eigenvalue weighted by molar-refractivity contribution is -0.126. The van der Waals surface area contributed by atoms with Gasteiger partial charge in [-0.2, -0.15) is 8.42 Å². The van der Waals surface area contributed by atoms with Crippen LogP contribution in [0.15, 0.2) is 0 Å². The quantitative estimate of drug-likeness (QED) is 0.571. The van der Waals surface area contributed by atoms with E-state index in [9.17, 15) is 13.2 Å². The number of amides is 1. The second kappa shape index (κ2) is 10.4. The van der Waals surface area contributed by atoms with Crippen LogP contribution in [-0.2, 0) is 24.4 Å². The Morgan fingerprint density at radius 2 is 1.57 bits per heavy atom. The minimum atomic E-state index is -3.67. The Morgan fingerprint density at radius 3 is 1.81 bits per heavy atom. The smallest absolute Gasteiger partial charge is 0.410 e. The molecule has 0 radical (unpaired) electrons. The first-order valence-corrected chi connectivity index (χ1v) is 8.12. The summed E-state index contributed by atoms with van der Waals surface area (Å²) in [6.07, 6.45) is 2.77. The van der Waals surface area contributed by atoms with Gasteiger partial charge in [0.2, 0.25) is 0 Å². The molecule has 9 heteroatoms. The maximum absolute atomic E-state index is 11.4. The summed E-state index contributed by atoms with van der Waals surface area (Å²) in [7, 11) is -2.35. The molecule has 0 aromatic rings. The maximum atomic E-state index is 11.4. The molecule has 0 bridgehead atoms. The van der Waals surface area contributed by atoms with Crippen molar-refractivity contribution >= 4 is 22.7 Å². The van der Waals surface area contributed by atoms with Crippen LogP contribution in [0, 0.1) is 0 Å². The zero-order valence-corrected chi connectivity index (χ0v) is 14.0. The van der Waals surface area contributed by atoms with Gasteiger partial charge in [0, 0.05) is 13.1 Å². The molecular formula is C12H25NO7S. The molecule has 1 fully saturated rings. The van der Waals surface area contributed by atoms with E-state index in [-0.39, 0.29) is 11.7 Å². The molecule has 0 aromatic carbocycles. The molecule has 21 heavy (non-hydrogen) atoms. The molecule has 1 aliphatic heterocycles. The van der Waals surface area contributed by atoms with Crippen LogP contribution in [-0.4, -0.2) is 62.5 Å². The van der Waals surface area contributed by atoms with Crippen molar-refractivity contribution in [1.29, 1.82) is 0 Å². The monoisotopic (exact) mass is 327 g/mol. The largest absolute Gasteiger partial charge is 0.471 e. The van der Waals surface area contributed by atoms with E-state index < -0.39 is 10.1 Å². The van der Waals surface area contributed by atoms with E-state index in [1.165, 1.54) is 7.11 Å². The van der Waals surface area contributed by atoms with E-state index in [1.54, 1.807) is 4.90 Å². The van der Waals surface area contributed by atoms with Crippen LogP contribution in [0.4, 0.5) is 4.79 Å². The third-order valence-corrected chi connectivity index (χ3v) is 1.85. The Labute approximate surface area is 126 Å². The molecule has 0 atom stereocenters. The fourth-order valence-electron chi connectivity index (χ4n) is 1.23. The van der Waals surface area contributed by atoms with Gasteiger partial charge in [-0.1, -0.05) is 0 Å². The maximum Gasteiger partial charge on any atom is 0.410 e. The van der Waals surface area contributed by atoms with Gasteiger partial charge in [0.15, 0.2) is 0 Å². The molecule has 1 amide bonds. The molecule has 0 aliphatic carbocycles. The van der Waals surface area contributed by atoms with Gasteiger partial charge in [-0.25, -0.2) is 4.79 Å². The Kier molecular flexibility index (Phi) is 10.9. The third-order valence-electron chi connectivity index (χ3n) is 1.85. The molecule has 1 N–H and O–H groups in total. The van der Waals surface area contributed by atoms with Crippen molar-refractivity contribution in [2.24, 2.45) is 0 Å². The van der Waals surface area contributed by atoms with E-state index in [0.717, 1.165) is 25.9 Å². The Hall–Kier alpha value is -1.35. The predicted molar refractivity (Wildman–Crippen MR) is 77.6 cm³/mol. The highest BCUT2D eigenvalue weighted by Crippen LogP contribution is 2.14. The first kappa shape index (κ1) is 21.9. The molecule has 8 nitrogen and oxygen atoms in total. The molecule has 0 saturated carbocycles. The minimum absolute atomic E-state index is 0.167. The zero-order chi connectivity index (χ0) is 17.1. The number of hydrogen-bond donors (Lipinski definition) is 1. The predicted octanol–water partition coefficient (Wildman–Crippen LogP) is 1.31. The number of carbonyl (C=O) groups excluding carboxylic acids is 2. The normalized spacial score (nSPS) is 14.1. The van der Waals surface area contributed by atoms with Crippen molar-refractivity contribution in [2.75, 3.05) is 26.5 Å². The van der Waals surface area contributed by atoms with E-state index in [1.807, 2.05) is 20.8 Å². The first-order valence-electron chi connectivity index (χ1n) is 6.27. The summed E-state index contributed by atoms with van der Waals surface area (Å²) in [6, 6.07) is 0. The summed E-state index contributed by atoms with van der Waals surface area (Å²) in [6.45, 7) is 7.76. The molecule has 1 rings (SSSR count). The van der Waals surface area contributed by atoms with Crippen molar-refractivity contribution in [2.45, 2.75) is 39.2 Å². The fourth-order valence-corrected chi connectivity index (χ4v) is 1.23. The lowest BCUT2D eigenvalue weighted by Gasteiger charge is -2.23. The molecule has 1 aliphatic rings. The number of nitrogens with zero attached hydrogens (tertiary/aromatic N) is 1. The van der Waals surface area contributed by atoms with Crippen molar-refractivity contribution in [3.63, 3.8) is 0 Å². The average molecular weight is 327 g/mol. The summed E-state index contributed by atoms with van der Waals surface area (Å²) < 4.78 is 34.9. The highest BCUT2D eigenvalue weighted by atomic mass is 32.2. The molecular weight excluding hydrogens is 302 g/mol. The molecule has 126 valence electrons. The number of methoxy groups -OCH3 is 1. The van der Waals surface area contributed by atoms with Crippen LogP contribution in [0.5, 0.6) is 0 Å². The van der Waals surface area contributed by atoms with Crippen LogP contribution < -0.4 is 0 Å². The Bertz CT molecular complexity index is 386. The fraction of sp³-hybridized carbons (Fsp3) is 0.833. The molecule has 0 aromatic heterocycles. The van der Waals surface area contributed by atoms with Gasteiger partial charge >= 0.3 is 6.09 Å². The number of ether oxygens (including phenoxy) is 2. The van der Waals surface area contributed by atoms with Gasteiger partial charge in [-0.3, -0.25) is 9.35 Å². The lowest BCUT2D eigenvalue weighted by atomic mass is 10.2. The minimum Gasteiger partial charge on any atom is -0.471 e. The standard InChI is InChI=1S/C9H17NO2.C2H4O2.CH4O3S/c1-9(2,3)12-8(11)10-6-4-5-7-10;1-4-2-3;1-5(2,3)4/h4-7H2,1-3H3;2H,1H3;1H3,(H,2,3,4). The van der Waals surface area contributed by atoms with Gasteiger partial charge in [0.25, 0.3) is 16.6 Å². The Morgan fingerprint density at radius 1 is 1.24 bits per heavy atom. The van der Waals surface area contributed by atoms with Crippen molar-refractivity contribution < 1.29 is 32.0 Å². The van der Waals surface area contributed by atoms with Crippen molar-refractivity contribution in [1.82, 2.24) is 4.90 Å². The molecule has 0 spiro atoms. The first-order chi connectivity index (χ1) is 9.40. The third kappa shape index (κ3) is 21.1. The number of likely N-dealkylation sites (tertiary alicyclic amines) is 1. The number of rotatable bonds is 1. The van der Waals surface area contributed by atoms with Crippen LogP contribution >= 0.6 is 0 Å². The van der Waals surface area contributed by atoms with Crippen LogP contribution in [0.1, 0.15) is 33.6 Å². The van der Waals surface area contributed by atoms with Gasteiger partial charge < -0.3 is 14.4 Å². The topological polar surface area (TPSA) is 110 Å². The van der Waals surface area contributed by atoms with E-state index in [2.05, 4.69) is 4.74 Å². The zero-order valence-electron chi connectivity index (χ0n) is 13.2. The van der Waals surface area contributed by atoms with Gasteiger partial charge in [0.05, 0.1) is 13.4 Å². The number of carbonyl (C=O) groups is 2. The number of hydrogen-bond acceptors (Lipinski definition) is 6. The van der Waals surface area contributed by atoms with Gasteiger partial charge in [-0.15, -0.1) is 0 Å². The summed E-state index contributed by atoms with van der Waals surface area (Å²) in [5, 5.41) is 0. The summed E-state index contributed by atoms with van der Waals surface area (Å²) in [5.41, 5.74) is -0.361. The van der Waals surface area contributed by atoms with Crippen LogP contribution in [0.3, 0.4) is 0 Å². The van der Waals surface area contributed by atoms with E-state index in [0.29, 0.717) is 12.7 Å². The lowest BCUT2D eigenvalue weighted by Crippen LogP contribution is -2.34. The van der Waals surface area contributed by atoms with Gasteiger partial charge in [0.1, 0.15) is 5.60 Å². The summed E-state index contributed by atoms with van der Waals surface area (Å²) in [5.74, 6) is 0. The molecule has 1 heterocycles. The highest BCUT2D eigenvalue weighted by Gasteiger charge is 2.23. The Balaban J connectivity index is 0. The highest BCUT2D eigenvalue weighted by molar-refractivity contribution is 7.85. The summed E-state index contributed by atoms with van der Waals surface area (Å²) in [4.78, 5) is 22.1. The van der Waals surface area contributed by atoms with E-state index >= 15 is 0 Å². The second-order valence-electron chi connectivity index (χ2n) is 5.24. The SMILES string of the molecule is CC(C)(C)OC(=O)N1CCCC1.COC=O.CS(=O)(=O)O. The van der Waals surface area contributed by atoms with Gasteiger partial charge in [-0.05, 0) is 33.6 Å². The van der Waals surface area contributed by atoms with Crippen molar-refractivity contribution in [3.8, 4) is 0 Å². The van der Waals surface area contributed by atoms with Crippen molar-refractivity contribution in [3.05, 3.63) is 0 Å². The second-order valence-corrected chi connectivity index (χ2v) is 6.71. The van der Waals surface area contributed by atoms with E-state index in [4.69, 9.17) is 14.1 Å².